The molecule has 1 heteroatoms. The molecule has 0 saturated carbocycles. The van der Waals surface area contributed by atoms with Crippen molar-refractivity contribution >= 4 is 6.08 Å². The van der Waals surface area contributed by atoms with Gasteiger partial charge in [-0.05, 0) is 29.7 Å². The Hall–Kier alpha value is -1.76. The van der Waals surface area contributed by atoms with Crippen molar-refractivity contribution in [2.24, 2.45) is 0 Å². The molecule has 0 heterocycles. The van der Waals surface area contributed by atoms with Crippen LogP contribution in [0, 0.1) is 0 Å². The Morgan fingerprint density at radius 2 is 2.00 bits per heavy atom. The molecule has 1 aliphatic rings. The normalized spacial score (nSPS) is 17.7. The molecule has 1 aromatic rings. The Kier molecular flexibility index (Phi) is 3.03. The fourth-order valence-corrected chi connectivity index (χ4v) is 1.71. The van der Waals surface area contributed by atoms with Gasteiger partial charge in [-0.1, -0.05) is 42.5 Å². The first-order valence-corrected chi connectivity index (χ1v) is 5.21. The Morgan fingerprint density at radius 3 is 2.73 bits per heavy atom. The van der Waals surface area contributed by atoms with Gasteiger partial charge in [0.25, 0.3) is 0 Å². The summed E-state index contributed by atoms with van der Waals surface area (Å²) in [4.78, 5) is 0. The summed E-state index contributed by atoms with van der Waals surface area (Å²) in [7, 11) is 1.96. The van der Waals surface area contributed by atoms with Crippen molar-refractivity contribution in [1.82, 2.24) is 5.32 Å². The quantitative estimate of drug-likeness (QED) is 0.768. The lowest BCUT2D eigenvalue weighted by Crippen LogP contribution is -2.09. The molecule has 1 N–H and O–H groups in total. The fraction of sp³-hybridized carbons (Fsp3) is 0.143. The summed E-state index contributed by atoms with van der Waals surface area (Å²) in [6.45, 7) is 0. The third kappa shape index (κ3) is 2.38. The van der Waals surface area contributed by atoms with E-state index in [0.29, 0.717) is 0 Å². The largest absolute Gasteiger partial charge is 0.388 e. The van der Waals surface area contributed by atoms with E-state index in [1.54, 1.807) is 0 Å². The van der Waals surface area contributed by atoms with Crippen molar-refractivity contribution in [3.8, 4) is 0 Å². The van der Waals surface area contributed by atoms with Gasteiger partial charge in [0, 0.05) is 12.7 Å². The van der Waals surface area contributed by atoms with E-state index in [-0.39, 0.29) is 0 Å². The molecule has 1 nitrogen and oxygen atoms in total. The molecule has 0 spiro atoms. The minimum Gasteiger partial charge on any atom is -0.388 e. The minimum absolute atomic E-state index is 1.00. The molecule has 0 radical (unpaired) electrons. The molecule has 76 valence electrons. The lowest BCUT2D eigenvalue weighted by molar-refractivity contribution is 0.973. The van der Waals surface area contributed by atoms with Crippen molar-refractivity contribution in [3.63, 3.8) is 0 Å². The van der Waals surface area contributed by atoms with E-state index in [1.807, 2.05) is 13.1 Å². The van der Waals surface area contributed by atoms with Crippen LogP contribution in [0.1, 0.15) is 12.0 Å². The molecule has 0 aromatic heterocycles. The molecule has 2 rings (SSSR count). The third-order valence-corrected chi connectivity index (χ3v) is 2.49. The van der Waals surface area contributed by atoms with Gasteiger partial charge in [0.05, 0.1) is 0 Å². The third-order valence-electron chi connectivity index (χ3n) is 2.49. The number of rotatable bonds is 2. The average Bonchev–Trinajstić information content (AvgIpc) is 2.31. The van der Waals surface area contributed by atoms with Crippen LogP contribution in [0.4, 0.5) is 0 Å². The maximum atomic E-state index is 3.22. The highest BCUT2D eigenvalue weighted by Gasteiger charge is 2.04. The highest BCUT2D eigenvalue weighted by molar-refractivity contribution is 5.59. The predicted octanol–water partition coefficient (Wildman–Crippen LogP) is 3.13. The van der Waals surface area contributed by atoms with Crippen LogP contribution in [0.25, 0.3) is 6.08 Å². The highest BCUT2D eigenvalue weighted by Crippen LogP contribution is 2.20. The van der Waals surface area contributed by atoms with Gasteiger partial charge in [-0.3, -0.25) is 0 Å². The van der Waals surface area contributed by atoms with E-state index >= 15 is 0 Å². The van der Waals surface area contributed by atoms with E-state index in [2.05, 4.69) is 53.9 Å². The molecule has 0 amide bonds. The second-order valence-electron chi connectivity index (χ2n) is 3.54. The molecule has 1 aromatic carbocycles. The highest BCUT2D eigenvalue weighted by atomic mass is 14.8. The molecule has 0 aliphatic heterocycles. The van der Waals surface area contributed by atoms with Crippen LogP contribution in [0.2, 0.25) is 0 Å². The van der Waals surface area contributed by atoms with Gasteiger partial charge in [0.1, 0.15) is 0 Å². The zero-order chi connectivity index (χ0) is 10.5. The topological polar surface area (TPSA) is 12.0 Å². The molecular formula is C14H15N. The molecule has 15 heavy (non-hydrogen) atoms. The molecule has 0 saturated heterocycles. The first-order chi connectivity index (χ1) is 7.40. The van der Waals surface area contributed by atoms with Crippen LogP contribution in [0.15, 0.2) is 59.8 Å². The molecule has 1 aliphatic carbocycles. The number of allylic oxidation sites excluding steroid dienone is 4. The molecule has 0 atom stereocenters. The van der Waals surface area contributed by atoms with Crippen molar-refractivity contribution in [3.05, 3.63) is 65.4 Å². The van der Waals surface area contributed by atoms with E-state index in [9.17, 15) is 0 Å². The number of hydrogen-bond donors (Lipinski definition) is 1. The maximum Gasteiger partial charge on any atom is 0.0373 e. The van der Waals surface area contributed by atoms with E-state index in [1.165, 1.54) is 16.8 Å². The number of benzene rings is 1. The van der Waals surface area contributed by atoms with Gasteiger partial charge in [-0.25, -0.2) is 0 Å². The van der Waals surface area contributed by atoms with E-state index in [0.717, 1.165) is 6.42 Å². The van der Waals surface area contributed by atoms with Crippen LogP contribution in [-0.2, 0) is 0 Å². The maximum absolute atomic E-state index is 3.22. The second kappa shape index (κ2) is 4.65. The summed E-state index contributed by atoms with van der Waals surface area (Å²) < 4.78 is 0. The van der Waals surface area contributed by atoms with Gasteiger partial charge in [0.15, 0.2) is 0 Å². The van der Waals surface area contributed by atoms with Crippen LogP contribution in [-0.4, -0.2) is 7.05 Å². The summed E-state index contributed by atoms with van der Waals surface area (Å²) in [5.74, 6) is 0. The smallest absolute Gasteiger partial charge is 0.0373 e. The Balaban J connectivity index is 2.28. The van der Waals surface area contributed by atoms with E-state index < -0.39 is 0 Å². The monoisotopic (exact) mass is 197 g/mol. The summed E-state index contributed by atoms with van der Waals surface area (Å²) in [6, 6.07) is 10.4. The summed E-state index contributed by atoms with van der Waals surface area (Å²) in [5.41, 5.74) is 3.80. The standard InChI is InChI=1S/C14H15N/c1-15-14-10-6-5-9-13(14)11-12-7-3-2-4-8-12/h2-8,10-11,15H,9H2,1H3. The number of nitrogens with one attached hydrogen (secondary N) is 1. The predicted molar refractivity (Wildman–Crippen MR) is 65.3 cm³/mol. The molecule has 0 fully saturated rings. The first kappa shape index (κ1) is 9.78. The van der Waals surface area contributed by atoms with Gasteiger partial charge >= 0.3 is 0 Å². The van der Waals surface area contributed by atoms with Crippen molar-refractivity contribution < 1.29 is 0 Å². The lowest BCUT2D eigenvalue weighted by atomic mass is 10.0. The van der Waals surface area contributed by atoms with Crippen LogP contribution in [0.5, 0.6) is 0 Å². The summed E-state index contributed by atoms with van der Waals surface area (Å²) in [6.07, 6.45) is 9.61. The minimum atomic E-state index is 1.00. The second-order valence-corrected chi connectivity index (χ2v) is 3.54. The van der Waals surface area contributed by atoms with Gasteiger partial charge in [0.2, 0.25) is 0 Å². The number of hydrogen-bond acceptors (Lipinski definition) is 1. The fourth-order valence-electron chi connectivity index (χ4n) is 1.71. The lowest BCUT2D eigenvalue weighted by Gasteiger charge is -2.12. The Morgan fingerprint density at radius 1 is 1.20 bits per heavy atom. The SMILES string of the molecule is CNC1=CC=CCC1=Cc1ccccc1. The molecular weight excluding hydrogens is 182 g/mol. The van der Waals surface area contributed by atoms with Crippen molar-refractivity contribution in [2.75, 3.05) is 7.05 Å². The van der Waals surface area contributed by atoms with Gasteiger partial charge in [-0.2, -0.15) is 0 Å². The molecule has 0 bridgehead atoms. The molecule has 0 unspecified atom stereocenters. The van der Waals surface area contributed by atoms with E-state index in [4.69, 9.17) is 0 Å². The van der Waals surface area contributed by atoms with Crippen molar-refractivity contribution in [2.45, 2.75) is 6.42 Å². The first-order valence-electron chi connectivity index (χ1n) is 5.21. The van der Waals surface area contributed by atoms with Crippen molar-refractivity contribution in [1.29, 1.82) is 0 Å². The Labute approximate surface area is 90.8 Å². The summed E-state index contributed by atoms with van der Waals surface area (Å²) in [5, 5.41) is 3.22. The van der Waals surface area contributed by atoms with Crippen LogP contribution < -0.4 is 5.32 Å². The zero-order valence-electron chi connectivity index (χ0n) is 8.90. The van der Waals surface area contributed by atoms with Gasteiger partial charge in [-0.15, -0.1) is 0 Å². The van der Waals surface area contributed by atoms with Gasteiger partial charge < -0.3 is 5.32 Å². The van der Waals surface area contributed by atoms with Crippen LogP contribution in [0.3, 0.4) is 0 Å². The number of likely N-dealkylation sites (N-methyl/N-ethyl adjacent to an activating group) is 1. The average molecular weight is 197 g/mol. The van der Waals surface area contributed by atoms with Crippen LogP contribution >= 0.6 is 0 Å². The zero-order valence-corrected chi connectivity index (χ0v) is 8.90. The summed E-state index contributed by atoms with van der Waals surface area (Å²) >= 11 is 0. The Bertz CT molecular complexity index is 410.